The van der Waals surface area contributed by atoms with Crippen molar-refractivity contribution in [3.63, 3.8) is 0 Å². The molecule has 0 aliphatic carbocycles. The van der Waals surface area contributed by atoms with Crippen LogP contribution in [-0.4, -0.2) is 120 Å². The van der Waals surface area contributed by atoms with Gasteiger partial charge in [0, 0.05) is 12.7 Å². The summed E-state index contributed by atoms with van der Waals surface area (Å²) in [7, 11) is 1.57. The van der Waals surface area contributed by atoms with Crippen molar-refractivity contribution in [1.29, 1.82) is 0 Å². The van der Waals surface area contributed by atoms with Crippen LogP contribution in [0.3, 0.4) is 0 Å². The Hall–Kier alpha value is -1.72. The highest BCUT2D eigenvalue weighted by Crippen LogP contribution is 2.27. The average Bonchev–Trinajstić information content (AvgIpc) is 3.01. The highest BCUT2D eigenvalue weighted by atomic mass is 16.6. The van der Waals surface area contributed by atoms with Gasteiger partial charge in [-0.15, -0.1) is 0 Å². The van der Waals surface area contributed by atoms with Crippen LogP contribution in [0, 0.1) is 0 Å². The molecule has 0 spiro atoms. The first kappa shape index (κ1) is 26.3. The summed E-state index contributed by atoms with van der Waals surface area (Å²) in [5, 5.41) is 75.6. The van der Waals surface area contributed by atoms with Crippen molar-refractivity contribution in [1.82, 2.24) is 14.9 Å². The van der Waals surface area contributed by atoms with E-state index >= 15 is 0 Å². The highest BCUT2D eigenvalue weighted by Gasteiger charge is 2.43. The number of likely N-dealkylation sites (N-methyl/N-ethyl adjacent to an activating group) is 1. The van der Waals surface area contributed by atoms with Crippen LogP contribution in [0.15, 0.2) is 17.1 Å². The minimum absolute atomic E-state index is 0.0537. The van der Waals surface area contributed by atoms with E-state index in [9.17, 15) is 20.1 Å². The van der Waals surface area contributed by atoms with Crippen molar-refractivity contribution in [2.24, 2.45) is 0 Å². The lowest BCUT2D eigenvalue weighted by Crippen LogP contribution is -2.48. The number of aliphatic hydroxyl groups excluding tert-OH is 8. The van der Waals surface area contributed by atoms with E-state index in [4.69, 9.17) is 36.0 Å². The average molecular weight is 438 g/mol. The Bertz CT molecular complexity index is 692. The zero-order valence-corrected chi connectivity index (χ0v) is 16.3. The maximum atomic E-state index is 11.5. The lowest BCUT2D eigenvalue weighted by atomic mass is 10.0. The first-order chi connectivity index (χ1) is 14.1. The predicted molar refractivity (Wildman–Crippen MR) is 101 cm³/mol. The summed E-state index contributed by atoms with van der Waals surface area (Å²) >= 11 is 0. The Kier molecular flexibility index (Phi) is 10.7. The molecule has 0 radical (unpaired) electrons. The molecular weight excluding hydrogens is 408 g/mol. The summed E-state index contributed by atoms with van der Waals surface area (Å²) in [4.78, 5) is 15.0. The van der Waals surface area contributed by atoms with Gasteiger partial charge < -0.3 is 56.6 Å². The number of aromatic nitrogens is 2. The van der Waals surface area contributed by atoms with Crippen LogP contribution in [0.25, 0.3) is 0 Å². The topological polar surface area (TPSA) is 244 Å². The summed E-state index contributed by atoms with van der Waals surface area (Å²) in [5.74, 6) is 0.0537. The van der Waals surface area contributed by atoms with Gasteiger partial charge in [0.1, 0.15) is 42.4 Å². The van der Waals surface area contributed by atoms with Crippen molar-refractivity contribution < 1.29 is 45.6 Å². The normalized spacial score (nSPS) is 27.6. The van der Waals surface area contributed by atoms with Crippen molar-refractivity contribution in [2.45, 2.75) is 49.0 Å². The fourth-order valence-corrected chi connectivity index (χ4v) is 2.62. The molecule has 2 rings (SSSR count). The van der Waals surface area contributed by atoms with Gasteiger partial charge in [-0.05, 0) is 13.1 Å². The van der Waals surface area contributed by atoms with Crippen LogP contribution in [0.4, 0.5) is 5.82 Å². The van der Waals surface area contributed by atoms with Crippen molar-refractivity contribution >= 4 is 5.82 Å². The minimum Gasteiger partial charge on any atom is -0.394 e. The molecule has 1 aromatic rings. The van der Waals surface area contributed by atoms with Gasteiger partial charge in [-0.3, -0.25) is 4.57 Å². The maximum Gasteiger partial charge on any atom is 0.351 e. The molecule has 0 aromatic carbocycles. The number of nitrogen functional groups attached to an aromatic ring is 1. The first-order valence-electron chi connectivity index (χ1n) is 9.03. The van der Waals surface area contributed by atoms with Gasteiger partial charge >= 0.3 is 5.69 Å². The molecule has 1 aliphatic heterocycles. The largest absolute Gasteiger partial charge is 0.394 e. The SMILES string of the molecule is CNC[C@H](O)[C@@H](O)[C@H](O)[C@H](O)CO.Nc1ccn([C@@H]2O[C@H](CO)[C@@H](O)[C@@H]2O)c(=O)n1. The quantitative estimate of drug-likeness (QED) is 0.182. The number of nitrogens with two attached hydrogens (primary N) is 1. The van der Waals surface area contributed by atoms with E-state index in [0.717, 1.165) is 4.57 Å². The van der Waals surface area contributed by atoms with Gasteiger partial charge in [0.25, 0.3) is 0 Å². The standard InChI is InChI=1S/C9H13N3O5.C7H17NO5/c10-5-1-2-12(9(16)11-5)8-7(15)6(14)4(3-13)17-8;1-8-2-4(10)6(12)7(13)5(11)3-9/h1-2,4,6-8,13-15H,3H2,(H2,10,11,16);4-13H,2-3H2,1H3/t4-,6-,7+,8-;4-,5+,6+,7+/m10/s1. The molecule has 2 heterocycles. The summed E-state index contributed by atoms with van der Waals surface area (Å²) in [6.07, 6.45) is -8.91. The first-order valence-corrected chi connectivity index (χ1v) is 9.03. The smallest absolute Gasteiger partial charge is 0.351 e. The molecule has 11 N–H and O–H groups in total. The summed E-state index contributed by atoms with van der Waals surface area (Å²) in [6, 6.07) is 1.37. The lowest BCUT2D eigenvalue weighted by Gasteiger charge is -2.25. The van der Waals surface area contributed by atoms with E-state index < -0.39 is 67.9 Å². The van der Waals surface area contributed by atoms with Gasteiger partial charge in [0.05, 0.1) is 19.3 Å². The highest BCUT2D eigenvalue weighted by molar-refractivity contribution is 5.23. The van der Waals surface area contributed by atoms with Crippen LogP contribution in [0.2, 0.25) is 0 Å². The molecule has 8 atom stereocenters. The number of anilines is 1. The number of rotatable bonds is 8. The molecule has 0 bridgehead atoms. The Morgan fingerprint density at radius 3 is 2.23 bits per heavy atom. The van der Waals surface area contributed by atoms with Gasteiger partial charge in [-0.2, -0.15) is 4.98 Å². The molecule has 1 aliphatic rings. The maximum absolute atomic E-state index is 11.5. The van der Waals surface area contributed by atoms with Crippen LogP contribution in [0.1, 0.15) is 6.23 Å². The van der Waals surface area contributed by atoms with E-state index in [0.29, 0.717) is 0 Å². The van der Waals surface area contributed by atoms with E-state index in [2.05, 4.69) is 10.3 Å². The second-order valence-corrected chi connectivity index (χ2v) is 6.63. The number of aliphatic hydroxyl groups is 8. The molecule has 14 nitrogen and oxygen atoms in total. The molecule has 1 saturated heterocycles. The molecular formula is C16H30N4O10. The van der Waals surface area contributed by atoms with Crippen LogP contribution in [-0.2, 0) is 4.74 Å². The predicted octanol–water partition coefficient (Wildman–Crippen LogP) is -5.92. The molecule has 14 heteroatoms. The molecule has 0 saturated carbocycles. The molecule has 1 fully saturated rings. The Morgan fingerprint density at radius 1 is 1.17 bits per heavy atom. The molecule has 174 valence electrons. The Labute approximate surface area is 171 Å². The number of nitrogens with zero attached hydrogens (tertiary/aromatic N) is 2. The van der Waals surface area contributed by atoms with Crippen LogP contribution < -0.4 is 16.7 Å². The van der Waals surface area contributed by atoms with E-state index in [-0.39, 0.29) is 12.4 Å². The van der Waals surface area contributed by atoms with Crippen molar-refractivity contribution in [3.8, 4) is 0 Å². The number of hydrogen-bond acceptors (Lipinski definition) is 13. The van der Waals surface area contributed by atoms with E-state index in [1.54, 1.807) is 7.05 Å². The summed E-state index contributed by atoms with van der Waals surface area (Å²) in [5.41, 5.74) is 4.63. The molecule has 1 aromatic heterocycles. The fraction of sp³-hybridized carbons (Fsp3) is 0.750. The second-order valence-electron chi connectivity index (χ2n) is 6.63. The molecule has 0 amide bonds. The van der Waals surface area contributed by atoms with E-state index in [1.165, 1.54) is 12.3 Å². The van der Waals surface area contributed by atoms with Crippen LogP contribution in [0.5, 0.6) is 0 Å². The number of nitrogens with one attached hydrogen (secondary N) is 1. The number of hydrogen-bond donors (Lipinski definition) is 10. The molecule has 30 heavy (non-hydrogen) atoms. The fourth-order valence-electron chi connectivity index (χ4n) is 2.62. The van der Waals surface area contributed by atoms with Gasteiger partial charge in [-0.1, -0.05) is 0 Å². The van der Waals surface area contributed by atoms with Gasteiger partial charge in [-0.25, -0.2) is 4.79 Å². The Balaban J connectivity index is 0.000000314. The second kappa shape index (κ2) is 12.2. The third kappa shape index (κ3) is 6.64. The third-order valence-electron chi connectivity index (χ3n) is 4.38. The lowest BCUT2D eigenvalue weighted by molar-refractivity contribution is -0.113. The van der Waals surface area contributed by atoms with E-state index in [1.807, 2.05) is 0 Å². The minimum atomic E-state index is -1.55. The third-order valence-corrected chi connectivity index (χ3v) is 4.38. The summed E-state index contributed by atoms with van der Waals surface area (Å²) in [6.45, 7) is -1.02. The number of ether oxygens (including phenoxy) is 1. The van der Waals surface area contributed by atoms with Crippen molar-refractivity contribution in [2.75, 3.05) is 32.5 Å². The Morgan fingerprint density at radius 2 is 1.77 bits per heavy atom. The van der Waals surface area contributed by atoms with Crippen LogP contribution >= 0.6 is 0 Å². The molecule has 0 unspecified atom stereocenters. The van der Waals surface area contributed by atoms with Gasteiger partial charge in [0.2, 0.25) is 0 Å². The zero-order chi connectivity index (χ0) is 23.0. The summed E-state index contributed by atoms with van der Waals surface area (Å²) < 4.78 is 6.19. The van der Waals surface area contributed by atoms with Crippen molar-refractivity contribution in [3.05, 3.63) is 22.7 Å². The monoisotopic (exact) mass is 438 g/mol. The van der Waals surface area contributed by atoms with Gasteiger partial charge in [0.15, 0.2) is 6.23 Å². The zero-order valence-electron chi connectivity index (χ0n) is 16.3.